The van der Waals surface area contributed by atoms with Gasteiger partial charge in [-0.05, 0) is 66.7 Å². The highest BCUT2D eigenvalue weighted by molar-refractivity contribution is 6.05. The van der Waals surface area contributed by atoms with E-state index in [0.29, 0.717) is 17.1 Å². The first kappa shape index (κ1) is 27.9. The van der Waals surface area contributed by atoms with Gasteiger partial charge in [-0.1, -0.05) is 24.3 Å². The van der Waals surface area contributed by atoms with Crippen molar-refractivity contribution in [3.8, 4) is 17.2 Å². The Bertz CT molecular complexity index is 1700. The number of halogens is 3. The van der Waals surface area contributed by atoms with Crippen LogP contribution in [-0.2, 0) is 6.18 Å². The molecule has 212 valence electrons. The van der Waals surface area contributed by atoms with Crippen molar-refractivity contribution < 1.29 is 41.8 Å². The Morgan fingerprint density at radius 2 is 1.52 bits per heavy atom. The lowest BCUT2D eigenvalue weighted by atomic mass is 10.1. The molecule has 0 fully saturated rings. The fraction of sp³-hybridized carbons (Fsp3) is 0.0667. The minimum Gasteiger partial charge on any atom is -0.454 e. The van der Waals surface area contributed by atoms with E-state index in [0.717, 1.165) is 18.2 Å². The molecule has 0 atom stereocenters. The third-order valence-electron chi connectivity index (χ3n) is 5.93. The van der Waals surface area contributed by atoms with Gasteiger partial charge >= 0.3 is 12.1 Å². The number of hydrogen-bond acceptors (Lipinski definition) is 7. The molecule has 0 aromatic heterocycles. The first-order valence-electron chi connectivity index (χ1n) is 12.3. The van der Waals surface area contributed by atoms with Crippen LogP contribution in [0.15, 0.2) is 96.1 Å². The first-order chi connectivity index (χ1) is 20.2. The number of nitrogens with one attached hydrogen (secondary N) is 2. The summed E-state index contributed by atoms with van der Waals surface area (Å²) in [5, 5.41) is 6.41. The van der Waals surface area contributed by atoms with E-state index in [-0.39, 0.29) is 34.9 Å². The molecule has 42 heavy (non-hydrogen) atoms. The Morgan fingerprint density at radius 1 is 0.786 bits per heavy atom. The maximum absolute atomic E-state index is 13.0. The maximum atomic E-state index is 13.0. The van der Waals surface area contributed by atoms with Gasteiger partial charge in [-0.15, -0.1) is 0 Å². The highest BCUT2D eigenvalue weighted by Gasteiger charge is 2.31. The van der Waals surface area contributed by atoms with Gasteiger partial charge in [0.25, 0.3) is 11.8 Å². The summed E-state index contributed by atoms with van der Waals surface area (Å²) in [5.74, 6) is -0.890. The lowest BCUT2D eigenvalue weighted by molar-refractivity contribution is -0.137. The predicted octanol–water partition coefficient (Wildman–Crippen LogP) is 5.67. The van der Waals surface area contributed by atoms with Crippen molar-refractivity contribution in [1.82, 2.24) is 5.43 Å². The van der Waals surface area contributed by atoms with E-state index >= 15 is 0 Å². The Kier molecular flexibility index (Phi) is 7.87. The Balaban J connectivity index is 1.22. The Hall–Kier alpha value is -5.65. The molecule has 0 aliphatic carbocycles. The van der Waals surface area contributed by atoms with Crippen LogP contribution in [0.2, 0.25) is 0 Å². The van der Waals surface area contributed by atoms with Crippen molar-refractivity contribution in [1.29, 1.82) is 0 Å². The van der Waals surface area contributed by atoms with Crippen molar-refractivity contribution in [2.24, 2.45) is 5.10 Å². The summed E-state index contributed by atoms with van der Waals surface area (Å²) in [7, 11) is 0. The largest absolute Gasteiger partial charge is 0.454 e. The molecule has 5 rings (SSSR count). The second-order valence-electron chi connectivity index (χ2n) is 8.81. The van der Waals surface area contributed by atoms with Crippen LogP contribution in [0.25, 0.3) is 0 Å². The number of carbonyl (C=O) groups is 3. The fourth-order valence-corrected chi connectivity index (χ4v) is 3.87. The number of hydrazone groups is 1. The number of amides is 2. The monoisotopic (exact) mass is 575 g/mol. The average molecular weight is 575 g/mol. The summed E-state index contributed by atoms with van der Waals surface area (Å²) in [6.07, 6.45) is -3.30. The number of alkyl halides is 3. The van der Waals surface area contributed by atoms with Gasteiger partial charge in [0, 0.05) is 22.4 Å². The topological polar surface area (TPSA) is 115 Å². The number of rotatable bonds is 7. The zero-order valence-electron chi connectivity index (χ0n) is 21.5. The molecule has 9 nitrogen and oxygen atoms in total. The zero-order valence-corrected chi connectivity index (χ0v) is 21.5. The van der Waals surface area contributed by atoms with E-state index in [4.69, 9.17) is 14.2 Å². The van der Waals surface area contributed by atoms with Crippen molar-refractivity contribution in [3.05, 3.63) is 119 Å². The molecule has 0 radical (unpaired) electrons. The quantitative estimate of drug-likeness (QED) is 0.127. The van der Waals surface area contributed by atoms with Gasteiger partial charge in [-0.25, -0.2) is 10.2 Å². The number of para-hydroxylation sites is 1. The SMILES string of the molecule is O=C(NN=Cc1ccccc1OC(=O)c1ccc2c(c1)OCO2)c1cccc(NC(=O)c2cccc(C(F)(F)F)c2)c1. The smallest absolute Gasteiger partial charge is 0.416 e. The maximum Gasteiger partial charge on any atom is 0.416 e. The summed E-state index contributed by atoms with van der Waals surface area (Å²) in [6.45, 7) is 0.0671. The summed E-state index contributed by atoms with van der Waals surface area (Å²) < 4.78 is 55.0. The van der Waals surface area contributed by atoms with Crippen molar-refractivity contribution >= 4 is 29.7 Å². The lowest BCUT2D eigenvalue weighted by Gasteiger charge is -2.10. The molecule has 0 unspecified atom stereocenters. The number of fused-ring (bicyclic) bond motifs is 1. The van der Waals surface area contributed by atoms with E-state index in [9.17, 15) is 27.6 Å². The molecule has 2 N–H and O–H groups in total. The van der Waals surface area contributed by atoms with Gasteiger partial charge in [-0.3, -0.25) is 9.59 Å². The molecule has 0 saturated heterocycles. The normalized spacial score (nSPS) is 12.2. The van der Waals surface area contributed by atoms with Crippen LogP contribution in [0.5, 0.6) is 17.2 Å². The van der Waals surface area contributed by atoms with Gasteiger partial charge in [-0.2, -0.15) is 18.3 Å². The highest BCUT2D eigenvalue weighted by Crippen LogP contribution is 2.33. The number of anilines is 1. The van der Waals surface area contributed by atoms with Crippen molar-refractivity contribution in [2.75, 3.05) is 12.1 Å². The molecule has 12 heteroatoms. The molecule has 2 amide bonds. The third-order valence-corrected chi connectivity index (χ3v) is 5.93. The standard InChI is InChI=1S/C30H20F3N3O6/c31-30(32,33)22-8-3-6-18(13-22)27(37)35-23-9-4-7-19(14-23)28(38)36-34-16-21-5-1-2-10-24(21)42-29(39)20-11-12-25-26(15-20)41-17-40-25/h1-16H,17H2,(H,35,37)(H,36,38). The van der Waals surface area contributed by atoms with Crippen LogP contribution in [-0.4, -0.2) is 30.8 Å². The van der Waals surface area contributed by atoms with E-state index < -0.39 is 29.5 Å². The van der Waals surface area contributed by atoms with Gasteiger partial charge in [0.2, 0.25) is 6.79 Å². The van der Waals surface area contributed by atoms with Crippen LogP contribution < -0.4 is 25.0 Å². The van der Waals surface area contributed by atoms with Gasteiger partial charge < -0.3 is 19.5 Å². The molecule has 0 spiro atoms. The van der Waals surface area contributed by atoms with Gasteiger partial charge in [0.15, 0.2) is 11.5 Å². The molecular formula is C30H20F3N3O6. The summed E-state index contributed by atoms with van der Waals surface area (Å²) in [5.41, 5.74) is 2.16. The van der Waals surface area contributed by atoms with E-state index in [1.54, 1.807) is 36.4 Å². The fourth-order valence-electron chi connectivity index (χ4n) is 3.87. The summed E-state index contributed by atoms with van der Waals surface area (Å²) in [6, 6.07) is 21.0. The van der Waals surface area contributed by atoms with Crippen molar-refractivity contribution in [3.63, 3.8) is 0 Å². The van der Waals surface area contributed by atoms with Crippen LogP contribution in [0.4, 0.5) is 18.9 Å². The predicted molar refractivity (Wildman–Crippen MR) is 145 cm³/mol. The number of hydrogen-bond donors (Lipinski definition) is 2. The first-order valence-corrected chi connectivity index (χ1v) is 12.3. The van der Waals surface area contributed by atoms with Crippen molar-refractivity contribution in [2.45, 2.75) is 6.18 Å². The molecule has 0 bridgehead atoms. The summed E-state index contributed by atoms with van der Waals surface area (Å²) >= 11 is 0. The van der Waals surface area contributed by atoms with E-state index in [1.165, 1.54) is 42.6 Å². The molecule has 4 aromatic rings. The van der Waals surface area contributed by atoms with Gasteiger partial charge in [0.05, 0.1) is 17.3 Å². The molecule has 1 heterocycles. The zero-order chi connectivity index (χ0) is 29.7. The third kappa shape index (κ3) is 6.55. The number of esters is 1. The molecule has 1 aliphatic heterocycles. The van der Waals surface area contributed by atoms with Crippen LogP contribution in [0.3, 0.4) is 0 Å². The second kappa shape index (κ2) is 11.8. The minimum absolute atomic E-state index is 0.0671. The Morgan fingerprint density at radius 3 is 2.33 bits per heavy atom. The van der Waals surface area contributed by atoms with E-state index in [2.05, 4.69) is 15.8 Å². The van der Waals surface area contributed by atoms with Gasteiger partial charge in [0.1, 0.15) is 5.75 Å². The molecule has 1 aliphatic rings. The van der Waals surface area contributed by atoms with Crippen LogP contribution in [0.1, 0.15) is 42.2 Å². The highest BCUT2D eigenvalue weighted by atomic mass is 19.4. The molecule has 4 aromatic carbocycles. The molecule has 0 saturated carbocycles. The minimum atomic E-state index is -4.59. The van der Waals surface area contributed by atoms with E-state index in [1.807, 2.05) is 0 Å². The average Bonchev–Trinajstić information content (AvgIpc) is 3.46. The number of nitrogens with zero attached hydrogens (tertiary/aromatic N) is 1. The van der Waals surface area contributed by atoms with Crippen LogP contribution in [0, 0.1) is 0 Å². The second-order valence-corrected chi connectivity index (χ2v) is 8.81. The van der Waals surface area contributed by atoms with Crippen LogP contribution >= 0.6 is 0 Å². The lowest BCUT2D eigenvalue weighted by Crippen LogP contribution is -2.18. The summed E-state index contributed by atoms with van der Waals surface area (Å²) in [4.78, 5) is 37.9. The number of benzene rings is 4. The number of ether oxygens (including phenoxy) is 3. The molecular weight excluding hydrogens is 555 g/mol. The number of carbonyl (C=O) groups excluding carboxylic acids is 3. The Labute approximate surface area is 236 Å².